The largest absolute Gasteiger partial charge is 0.463 e. The summed E-state index contributed by atoms with van der Waals surface area (Å²) in [5, 5.41) is 3.22. The van der Waals surface area contributed by atoms with E-state index in [0.717, 1.165) is 23.4 Å². The first-order chi connectivity index (χ1) is 11.6. The minimum absolute atomic E-state index is 0.0368. The average molecular weight is 347 g/mol. The van der Waals surface area contributed by atoms with Crippen molar-refractivity contribution < 1.29 is 14.0 Å². The molecule has 2 aromatic heterocycles. The smallest absolute Gasteiger partial charge is 0.264 e. The van der Waals surface area contributed by atoms with Gasteiger partial charge < -0.3 is 19.5 Å². The molecule has 2 aliphatic rings. The van der Waals surface area contributed by atoms with Crippen molar-refractivity contribution in [1.29, 1.82) is 0 Å². The summed E-state index contributed by atoms with van der Waals surface area (Å²) in [5.41, 5.74) is 0.764. The van der Waals surface area contributed by atoms with Gasteiger partial charge in [0.2, 0.25) is 5.91 Å². The third kappa shape index (κ3) is 2.71. The predicted octanol–water partition coefficient (Wildman–Crippen LogP) is 1.63. The van der Waals surface area contributed by atoms with Crippen LogP contribution in [0, 0.1) is 11.8 Å². The highest BCUT2D eigenvalue weighted by Crippen LogP contribution is 2.28. The SMILES string of the molecule is CC(C(=O)N1CCN(C(=O)c2cc3occc3s2)CC1)C1CNC1. The van der Waals surface area contributed by atoms with Crippen LogP contribution in [0.2, 0.25) is 0 Å². The third-order valence-electron chi connectivity index (χ3n) is 5.14. The van der Waals surface area contributed by atoms with Crippen molar-refractivity contribution in [2.24, 2.45) is 11.8 Å². The lowest BCUT2D eigenvalue weighted by molar-refractivity contribution is -0.138. The second-order valence-corrected chi connectivity index (χ2v) is 7.67. The summed E-state index contributed by atoms with van der Waals surface area (Å²) < 4.78 is 6.33. The number of carbonyl (C=O) groups is 2. The Balaban J connectivity index is 1.36. The summed E-state index contributed by atoms with van der Waals surface area (Å²) >= 11 is 1.46. The van der Waals surface area contributed by atoms with Gasteiger partial charge in [-0.3, -0.25) is 9.59 Å². The maximum absolute atomic E-state index is 12.6. The predicted molar refractivity (Wildman–Crippen MR) is 92.1 cm³/mol. The van der Waals surface area contributed by atoms with Crippen LogP contribution < -0.4 is 5.32 Å². The van der Waals surface area contributed by atoms with E-state index in [-0.39, 0.29) is 17.7 Å². The van der Waals surface area contributed by atoms with Crippen molar-refractivity contribution in [3.05, 3.63) is 23.3 Å². The number of thiophene rings is 1. The summed E-state index contributed by atoms with van der Waals surface area (Å²) in [6.07, 6.45) is 1.64. The monoisotopic (exact) mass is 347 g/mol. The van der Waals surface area contributed by atoms with Gasteiger partial charge in [-0.15, -0.1) is 11.3 Å². The number of hydrogen-bond donors (Lipinski definition) is 1. The number of amides is 2. The minimum Gasteiger partial charge on any atom is -0.463 e. The molecule has 6 nitrogen and oxygen atoms in total. The van der Waals surface area contributed by atoms with Crippen LogP contribution in [0.3, 0.4) is 0 Å². The molecule has 0 aromatic carbocycles. The maximum atomic E-state index is 12.6. The van der Waals surface area contributed by atoms with E-state index >= 15 is 0 Å². The number of fused-ring (bicyclic) bond motifs is 1. The van der Waals surface area contributed by atoms with Crippen molar-refractivity contribution in [3.8, 4) is 0 Å². The zero-order chi connectivity index (χ0) is 16.7. The standard InChI is InChI=1S/C17H21N3O3S/c1-11(12-9-18-10-12)16(21)19-3-5-20(6-4-19)17(22)15-8-13-14(24-15)2-7-23-13/h2,7-8,11-12,18H,3-6,9-10H2,1H3. The quantitative estimate of drug-likeness (QED) is 0.917. The normalized spacial score (nSPS) is 20.2. The fourth-order valence-electron chi connectivity index (χ4n) is 3.31. The zero-order valence-electron chi connectivity index (χ0n) is 13.7. The Kier molecular flexibility index (Phi) is 4.05. The van der Waals surface area contributed by atoms with E-state index in [2.05, 4.69) is 5.32 Å². The molecule has 0 saturated carbocycles. The number of rotatable bonds is 3. The minimum atomic E-state index is 0.0368. The maximum Gasteiger partial charge on any atom is 0.264 e. The molecule has 1 unspecified atom stereocenters. The van der Waals surface area contributed by atoms with Crippen molar-refractivity contribution in [2.75, 3.05) is 39.3 Å². The van der Waals surface area contributed by atoms with Crippen molar-refractivity contribution in [3.63, 3.8) is 0 Å². The highest BCUT2D eigenvalue weighted by Gasteiger charge is 2.33. The van der Waals surface area contributed by atoms with E-state index in [0.29, 0.717) is 37.0 Å². The van der Waals surface area contributed by atoms with Crippen LogP contribution in [0.1, 0.15) is 16.6 Å². The van der Waals surface area contributed by atoms with Gasteiger partial charge in [0, 0.05) is 38.2 Å². The van der Waals surface area contributed by atoms with E-state index < -0.39 is 0 Å². The average Bonchev–Trinajstić information content (AvgIpc) is 3.13. The Bertz CT molecular complexity index is 728. The second kappa shape index (κ2) is 6.22. The highest BCUT2D eigenvalue weighted by atomic mass is 32.1. The molecule has 0 radical (unpaired) electrons. The molecule has 1 atom stereocenters. The molecular formula is C17H21N3O3S. The first-order valence-corrected chi connectivity index (χ1v) is 9.21. The molecule has 2 aliphatic heterocycles. The highest BCUT2D eigenvalue weighted by molar-refractivity contribution is 7.20. The number of nitrogens with one attached hydrogen (secondary N) is 1. The van der Waals surface area contributed by atoms with Crippen molar-refractivity contribution in [2.45, 2.75) is 6.92 Å². The number of carbonyl (C=O) groups excluding carboxylic acids is 2. The summed E-state index contributed by atoms with van der Waals surface area (Å²) in [4.78, 5) is 29.6. The molecule has 7 heteroatoms. The molecule has 1 N–H and O–H groups in total. The van der Waals surface area contributed by atoms with Gasteiger partial charge in [0.25, 0.3) is 5.91 Å². The van der Waals surface area contributed by atoms with Crippen LogP contribution >= 0.6 is 11.3 Å². The first-order valence-electron chi connectivity index (χ1n) is 8.39. The van der Waals surface area contributed by atoms with Crippen LogP contribution in [0.5, 0.6) is 0 Å². The van der Waals surface area contributed by atoms with Crippen molar-refractivity contribution in [1.82, 2.24) is 15.1 Å². The molecular weight excluding hydrogens is 326 g/mol. The summed E-state index contributed by atoms with van der Waals surface area (Å²) in [6.45, 7) is 6.33. The Morgan fingerprint density at radius 3 is 2.58 bits per heavy atom. The van der Waals surface area contributed by atoms with Gasteiger partial charge in [0.05, 0.1) is 15.8 Å². The van der Waals surface area contributed by atoms with Gasteiger partial charge in [-0.05, 0) is 25.1 Å². The number of nitrogens with zero attached hydrogens (tertiary/aromatic N) is 2. The lowest BCUT2D eigenvalue weighted by atomic mass is 9.88. The Morgan fingerprint density at radius 1 is 1.25 bits per heavy atom. The van der Waals surface area contributed by atoms with Gasteiger partial charge in [-0.1, -0.05) is 6.92 Å². The Morgan fingerprint density at radius 2 is 1.96 bits per heavy atom. The summed E-state index contributed by atoms with van der Waals surface area (Å²) in [7, 11) is 0. The second-order valence-electron chi connectivity index (χ2n) is 6.58. The van der Waals surface area contributed by atoms with Gasteiger partial charge in [-0.25, -0.2) is 0 Å². The molecule has 2 fully saturated rings. The van der Waals surface area contributed by atoms with Crippen LogP contribution in [-0.4, -0.2) is 60.9 Å². The van der Waals surface area contributed by atoms with Crippen molar-refractivity contribution >= 4 is 33.4 Å². The number of hydrogen-bond acceptors (Lipinski definition) is 5. The molecule has 0 spiro atoms. The fourth-order valence-corrected chi connectivity index (χ4v) is 4.26. The molecule has 2 saturated heterocycles. The Labute approximate surface area is 144 Å². The Hall–Kier alpha value is -1.86. The molecule has 2 aromatic rings. The zero-order valence-corrected chi connectivity index (χ0v) is 14.5. The van der Waals surface area contributed by atoms with Gasteiger partial charge in [0.1, 0.15) is 5.58 Å². The molecule has 0 bridgehead atoms. The van der Waals surface area contributed by atoms with E-state index in [1.54, 1.807) is 6.26 Å². The molecule has 0 aliphatic carbocycles. The summed E-state index contributed by atoms with van der Waals surface area (Å²) in [5.74, 6) is 0.786. The lowest BCUT2D eigenvalue weighted by Crippen LogP contribution is -2.55. The number of piperazine rings is 1. The lowest BCUT2D eigenvalue weighted by Gasteiger charge is -2.39. The number of furan rings is 1. The van der Waals surface area contributed by atoms with E-state index in [9.17, 15) is 9.59 Å². The topological polar surface area (TPSA) is 65.8 Å². The van der Waals surface area contributed by atoms with Gasteiger partial charge >= 0.3 is 0 Å². The van der Waals surface area contributed by atoms with Gasteiger partial charge in [0.15, 0.2) is 0 Å². The van der Waals surface area contributed by atoms with Crippen LogP contribution in [-0.2, 0) is 4.79 Å². The molecule has 4 rings (SSSR count). The van der Waals surface area contributed by atoms with E-state index in [4.69, 9.17) is 4.42 Å². The molecule has 128 valence electrons. The van der Waals surface area contributed by atoms with Crippen LogP contribution in [0.25, 0.3) is 10.3 Å². The molecule has 4 heterocycles. The molecule has 24 heavy (non-hydrogen) atoms. The third-order valence-corrected chi connectivity index (χ3v) is 6.21. The first kappa shape index (κ1) is 15.7. The van der Waals surface area contributed by atoms with E-state index in [1.807, 2.05) is 28.9 Å². The van der Waals surface area contributed by atoms with E-state index in [1.165, 1.54) is 11.3 Å². The molecule has 2 amide bonds. The van der Waals surface area contributed by atoms with Crippen LogP contribution in [0.15, 0.2) is 22.8 Å². The fraction of sp³-hybridized carbons (Fsp3) is 0.529. The summed E-state index contributed by atoms with van der Waals surface area (Å²) in [6, 6.07) is 3.69. The van der Waals surface area contributed by atoms with Crippen LogP contribution in [0.4, 0.5) is 0 Å². The van der Waals surface area contributed by atoms with Gasteiger partial charge in [-0.2, -0.15) is 0 Å².